The molecule has 0 bridgehead atoms. The fraction of sp³-hybridized carbons (Fsp3) is 0.333. The van der Waals surface area contributed by atoms with Gasteiger partial charge in [0.15, 0.2) is 0 Å². The highest BCUT2D eigenvalue weighted by Crippen LogP contribution is 2.30. The summed E-state index contributed by atoms with van der Waals surface area (Å²) in [6.45, 7) is 5.10. The van der Waals surface area contributed by atoms with Gasteiger partial charge in [0.1, 0.15) is 0 Å². The average Bonchev–Trinajstić information content (AvgIpc) is 2.02. The van der Waals surface area contributed by atoms with E-state index in [1.54, 1.807) is 0 Å². The van der Waals surface area contributed by atoms with E-state index in [2.05, 4.69) is 30.5 Å². The molecule has 1 aromatic rings. The van der Waals surface area contributed by atoms with E-state index < -0.39 is 6.19 Å². The maximum atomic E-state index is 5.28. The first-order chi connectivity index (χ1) is 5.58. The third-order valence-electron chi connectivity index (χ3n) is 1.51. The van der Waals surface area contributed by atoms with Crippen molar-refractivity contribution in [2.75, 3.05) is 13.3 Å². The molecule has 0 radical (unpaired) electrons. The van der Waals surface area contributed by atoms with Gasteiger partial charge in [-0.3, -0.25) is 5.09 Å². The van der Waals surface area contributed by atoms with E-state index in [4.69, 9.17) is 11.8 Å². The second-order valence-electron chi connectivity index (χ2n) is 3.17. The van der Waals surface area contributed by atoms with Crippen LogP contribution in [0.4, 0.5) is 0 Å². The molecule has 1 N–H and O–H groups in total. The Kier molecular flexibility index (Phi) is 3.45. The zero-order valence-electron chi connectivity index (χ0n) is 7.45. The van der Waals surface area contributed by atoms with Crippen LogP contribution in [0.3, 0.4) is 0 Å². The first-order valence-electron chi connectivity index (χ1n) is 3.92. The normalized spacial score (nSPS) is 11.5. The standard InChI is InChI=1S/C9H14NPS/c1-11(2,12)10-8-9-6-4-3-5-7-9/h3-7H,8H2,1-2H3,(H,10,12). The van der Waals surface area contributed by atoms with Gasteiger partial charge < -0.3 is 0 Å². The minimum Gasteiger partial charge on any atom is -0.285 e. The topological polar surface area (TPSA) is 12.0 Å². The molecule has 0 amide bonds. The largest absolute Gasteiger partial charge is 0.285 e. The molecule has 0 spiro atoms. The van der Waals surface area contributed by atoms with Crippen LogP contribution < -0.4 is 5.09 Å². The lowest BCUT2D eigenvalue weighted by Crippen LogP contribution is -2.07. The van der Waals surface area contributed by atoms with Crippen LogP contribution in [-0.2, 0) is 18.4 Å². The summed E-state index contributed by atoms with van der Waals surface area (Å²) >= 11 is 5.28. The summed E-state index contributed by atoms with van der Waals surface area (Å²) in [5.74, 6) is 0. The molecule has 0 saturated carbocycles. The summed E-state index contributed by atoms with van der Waals surface area (Å²) in [5, 5.41) is 3.36. The van der Waals surface area contributed by atoms with Gasteiger partial charge in [0.05, 0.1) is 0 Å². The number of hydrogen-bond donors (Lipinski definition) is 1. The van der Waals surface area contributed by atoms with Crippen LogP contribution in [0.2, 0.25) is 0 Å². The molecule has 1 aromatic carbocycles. The zero-order chi connectivity index (χ0) is 9.03. The van der Waals surface area contributed by atoms with Crippen molar-refractivity contribution in [3.05, 3.63) is 35.9 Å². The lowest BCUT2D eigenvalue weighted by atomic mass is 10.2. The minimum absolute atomic E-state index is 0.894. The van der Waals surface area contributed by atoms with Gasteiger partial charge >= 0.3 is 0 Å². The molecule has 66 valence electrons. The third kappa shape index (κ3) is 4.01. The van der Waals surface area contributed by atoms with Crippen LogP contribution in [0.15, 0.2) is 30.3 Å². The molecule has 3 heteroatoms. The lowest BCUT2D eigenvalue weighted by Gasteiger charge is -2.12. The molecule has 0 atom stereocenters. The first-order valence-corrected chi connectivity index (χ1v) is 7.62. The molecule has 0 aromatic heterocycles. The number of benzene rings is 1. The summed E-state index contributed by atoms with van der Waals surface area (Å²) in [4.78, 5) is 0. The summed E-state index contributed by atoms with van der Waals surface area (Å²) < 4.78 is 0. The van der Waals surface area contributed by atoms with Crippen molar-refractivity contribution in [3.8, 4) is 0 Å². The van der Waals surface area contributed by atoms with Crippen LogP contribution in [0.25, 0.3) is 0 Å². The van der Waals surface area contributed by atoms with Gasteiger partial charge in [-0.05, 0) is 18.9 Å². The molecule has 1 nitrogen and oxygen atoms in total. The van der Waals surface area contributed by atoms with Crippen molar-refractivity contribution < 1.29 is 0 Å². The monoisotopic (exact) mass is 199 g/mol. The Hall–Kier alpha value is -0.170. The summed E-state index contributed by atoms with van der Waals surface area (Å²) in [6, 6.07) is 10.3. The van der Waals surface area contributed by atoms with Gasteiger partial charge in [-0.1, -0.05) is 42.1 Å². The second-order valence-corrected chi connectivity index (χ2v) is 8.93. The number of hydrogen-bond acceptors (Lipinski definition) is 1. The Morgan fingerprint density at radius 3 is 2.33 bits per heavy atom. The minimum atomic E-state index is -1.25. The quantitative estimate of drug-likeness (QED) is 0.750. The van der Waals surface area contributed by atoms with Crippen molar-refractivity contribution in [1.82, 2.24) is 5.09 Å². The van der Waals surface area contributed by atoms with Crippen molar-refractivity contribution in [2.45, 2.75) is 6.54 Å². The first kappa shape index (κ1) is 9.91. The molecule has 0 aliphatic heterocycles. The summed E-state index contributed by atoms with van der Waals surface area (Å²) in [7, 11) is 0. The molecule has 12 heavy (non-hydrogen) atoms. The molecule has 0 fully saturated rings. The van der Waals surface area contributed by atoms with Gasteiger partial charge in [0.2, 0.25) is 0 Å². The predicted molar refractivity (Wildman–Crippen MR) is 59.4 cm³/mol. The Morgan fingerprint density at radius 1 is 1.25 bits per heavy atom. The van der Waals surface area contributed by atoms with Crippen LogP contribution in [-0.4, -0.2) is 13.3 Å². The van der Waals surface area contributed by atoms with Gasteiger partial charge in [-0.25, -0.2) is 0 Å². The molecular formula is C9H14NPS. The number of rotatable bonds is 3. The van der Waals surface area contributed by atoms with Crippen molar-refractivity contribution in [1.29, 1.82) is 0 Å². The molecule has 0 unspecified atom stereocenters. The van der Waals surface area contributed by atoms with Crippen molar-refractivity contribution in [2.24, 2.45) is 0 Å². The van der Waals surface area contributed by atoms with E-state index in [9.17, 15) is 0 Å². The maximum Gasteiger partial charge on any atom is 0.0248 e. The van der Waals surface area contributed by atoms with Gasteiger partial charge in [0, 0.05) is 12.7 Å². The maximum absolute atomic E-state index is 5.28. The van der Waals surface area contributed by atoms with Crippen molar-refractivity contribution >= 4 is 18.0 Å². The molecule has 0 saturated heterocycles. The lowest BCUT2D eigenvalue weighted by molar-refractivity contribution is 0.962. The zero-order valence-corrected chi connectivity index (χ0v) is 9.16. The SMILES string of the molecule is CP(C)(=S)NCc1ccccc1. The van der Waals surface area contributed by atoms with Crippen LogP contribution in [0, 0.1) is 0 Å². The van der Waals surface area contributed by atoms with E-state index in [-0.39, 0.29) is 0 Å². The summed E-state index contributed by atoms with van der Waals surface area (Å²) in [5.41, 5.74) is 1.30. The Morgan fingerprint density at radius 2 is 1.83 bits per heavy atom. The van der Waals surface area contributed by atoms with E-state index in [0.717, 1.165) is 6.54 Å². The van der Waals surface area contributed by atoms with E-state index in [0.29, 0.717) is 0 Å². The van der Waals surface area contributed by atoms with Gasteiger partial charge in [-0.15, -0.1) is 0 Å². The molecule has 0 aliphatic rings. The van der Waals surface area contributed by atoms with E-state index >= 15 is 0 Å². The third-order valence-corrected chi connectivity index (χ3v) is 2.81. The molecule has 0 aliphatic carbocycles. The van der Waals surface area contributed by atoms with Crippen LogP contribution >= 0.6 is 6.19 Å². The van der Waals surface area contributed by atoms with Crippen LogP contribution in [0.5, 0.6) is 0 Å². The fourth-order valence-electron chi connectivity index (χ4n) is 0.878. The number of nitrogens with one attached hydrogen (secondary N) is 1. The van der Waals surface area contributed by atoms with Gasteiger partial charge in [-0.2, -0.15) is 0 Å². The highest BCUT2D eigenvalue weighted by atomic mass is 32.4. The summed E-state index contributed by atoms with van der Waals surface area (Å²) in [6.07, 6.45) is -1.25. The Balaban J connectivity index is 2.50. The van der Waals surface area contributed by atoms with Gasteiger partial charge in [0.25, 0.3) is 0 Å². The van der Waals surface area contributed by atoms with Crippen molar-refractivity contribution in [3.63, 3.8) is 0 Å². The fourth-order valence-corrected chi connectivity index (χ4v) is 1.63. The Labute approximate surface area is 79.3 Å². The van der Waals surface area contributed by atoms with Crippen LogP contribution in [0.1, 0.15) is 5.56 Å². The second kappa shape index (κ2) is 4.18. The molecule has 1 rings (SSSR count). The average molecular weight is 199 g/mol. The molecule has 0 heterocycles. The predicted octanol–water partition coefficient (Wildman–Crippen LogP) is 2.43. The highest BCUT2D eigenvalue weighted by Gasteiger charge is 1.99. The highest BCUT2D eigenvalue weighted by molar-refractivity contribution is 8.13. The smallest absolute Gasteiger partial charge is 0.0248 e. The Bertz CT molecular complexity index is 278. The van der Waals surface area contributed by atoms with E-state index in [1.807, 2.05) is 18.2 Å². The molecular weight excluding hydrogens is 185 g/mol. The van der Waals surface area contributed by atoms with E-state index in [1.165, 1.54) is 5.56 Å².